The lowest BCUT2D eigenvalue weighted by atomic mass is 10.0. The van der Waals surface area contributed by atoms with E-state index in [1.807, 2.05) is 0 Å². The van der Waals surface area contributed by atoms with Gasteiger partial charge in [0, 0.05) is 17.3 Å². The Morgan fingerprint density at radius 1 is 1.28 bits per heavy atom. The Labute approximate surface area is 147 Å². The van der Waals surface area contributed by atoms with Crippen LogP contribution in [-0.4, -0.2) is 33.5 Å². The van der Waals surface area contributed by atoms with E-state index in [1.54, 1.807) is 13.8 Å². The van der Waals surface area contributed by atoms with Crippen molar-refractivity contribution in [2.24, 2.45) is 0 Å². The highest BCUT2D eigenvalue weighted by Crippen LogP contribution is 2.25. The number of thiophene rings is 1. The van der Waals surface area contributed by atoms with Crippen LogP contribution in [0.4, 0.5) is 5.00 Å². The summed E-state index contributed by atoms with van der Waals surface area (Å²) in [5.41, 5.74) is 1.72. The summed E-state index contributed by atoms with van der Waals surface area (Å²) < 4.78 is 5.10. The van der Waals surface area contributed by atoms with Gasteiger partial charge in [0.25, 0.3) is 0 Å². The van der Waals surface area contributed by atoms with Gasteiger partial charge in [0.1, 0.15) is 4.88 Å². The number of rotatable bonds is 6. The van der Waals surface area contributed by atoms with Crippen molar-refractivity contribution in [3.8, 4) is 0 Å². The number of Topliss-reactive ketones (excluding diaryl/α,β-unsaturated/α-hetero) is 2. The van der Waals surface area contributed by atoms with Crippen molar-refractivity contribution in [3.05, 3.63) is 49.6 Å². The van der Waals surface area contributed by atoms with E-state index in [9.17, 15) is 24.5 Å². The van der Waals surface area contributed by atoms with Gasteiger partial charge in [-0.3, -0.25) is 19.7 Å². The predicted molar refractivity (Wildman–Crippen MR) is 90.5 cm³/mol. The second-order valence-corrected chi connectivity index (χ2v) is 6.55. The Balaban J connectivity index is 2.17. The van der Waals surface area contributed by atoms with Gasteiger partial charge >= 0.3 is 11.0 Å². The van der Waals surface area contributed by atoms with E-state index in [0.717, 1.165) is 0 Å². The van der Waals surface area contributed by atoms with Crippen LogP contribution in [-0.2, 0) is 4.74 Å². The average molecular weight is 364 g/mol. The molecule has 0 unspecified atom stereocenters. The molecular formula is C16H16N2O6S. The number of aromatic amines is 1. The maximum absolute atomic E-state index is 12.5. The molecule has 0 aliphatic rings. The van der Waals surface area contributed by atoms with Crippen molar-refractivity contribution in [3.63, 3.8) is 0 Å². The Hall–Kier alpha value is -2.81. The lowest BCUT2D eigenvalue weighted by Crippen LogP contribution is -2.25. The summed E-state index contributed by atoms with van der Waals surface area (Å²) in [6, 6.07) is 2.48. The third-order valence-electron chi connectivity index (χ3n) is 3.66. The minimum Gasteiger partial charge on any atom is -0.450 e. The molecule has 0 aromatic carbocycles. The lowest BCUT2D eigenvalue weighted by Gasteiger charge is -2.11. The number of nitrogens with one attached hydrogen (secondary N) is 1. The van der Waals surface area contributed by atoms with Gasteiger partial charge < -0.3 is 9.72 Å². The molecule has 0 aliphatic heterocycles. The first-order valence-corrected chi connectivity index (χ1v) is 8.14. The van der Waals surface area contributed by atoms with Gasteiger partial charge in [-0.1, -0.05) is 11.3 Å². The SMILES string of the molecule is CC(=O)c1c(C)[nH]c(C(=O)[C@@H](C)OC(=O)c2ccc([N+](=O)[O-])s2)c1C. The number of ketones is 2. The maximum atomic E-state index is 12.5. The van der Waals surface area contributed by atoms with Gasteiger partial charge in [-0.05, 0) is 39.3 Å². The molecule has 9 heteroatoms. The van der Waals surface area contributed by atoms with Crippen LogP contribution in [0.1, 0.15) is 55.6 Å². The van der Waals surface area contributed by atoms with Gasteiger partial charge in [0.05, 0.1) is 10.6 Å². The summed E-state index contributed by atoms with van der Waals surface area (Å²) in [4.78, 5) is 49.1. The van der Waals surface area contributed by atoms with E-state index in [1.165, 1.54) is 26.0 Å². The number of nitro groups is 1. The minimum atomic E-state index is -1.11. The third-order valence-corrected chi connectivity index (χ3v) is 4.68. The van der Waals surface area contributed by atoms with Crippen molar-refractivity contribution >= 4 is 33.9 Å². The van der Waals surface area contributed by atoms with Crippen LogP contribution in [0, 0.1) is 24.0 Å². The second kappa shape index (κ2) is 6.98. The number of ether oxygens (including phenoxy) is 1. The Morgan fingerprint density at radius 2 is 1.92 bits per heavy atom. The highest BCUT2D eigenvalue weighted by atomic mass is 32.1. The molecule has 2 heterocycles. The fourth-order valence-electron chi connectivity index (χ4n) is 2.54. The number of carbonyl (C=O) groups is 3. The van der Waals surface area contributed by atoms with E-state index in [4.69, 9.17) is 4.74 Å². The molecule has 0 amide bonds. The smallest absolute Gasteiger partial charge is 0.349 e. The highest BCUT2D eigenvalue weighted by molar-refractivity contribution is 7.17. The van der Waals surface area contributed by atoms with Crippen LogP contribution in [0.5, 0.6) is 0 Å². The average Bonchev–Trinajstić information content (AvgIpc) is 3.11. The molecule has 0 saturated heterocycles. The van der Waals surface area contributed by atoms with Gasteiger partial charge in [-0.2, -0.15) is 0 Å². The number of H-pyrrole nitrogens is 1. The molecule has 1 N–H and O–H groups in total. The fraction of sp³-hybridized carbons (Fsp3) is 0.312. The summed E-state index contributed by atoms with van der Waals surface area (Å²) in [6.07, 6.45) is -1.11. The zero-order valence-electron chi connectivity index (χ0n) is 14.0. The Kier molecular flexibility index (Phi) is 5.17. The zero-order chi connectivity index (χ0) is 18.9. The second-order valence-electron chi connectivity index (χ2n) is 5.49. The number of aromatic nitrogens is 1. The minimum absolute atomic E-state index is 0.0372. The van der Waals surface area contributed by atoms with Crippen LogP contribution in [0.3, 0.4) is 0 Å². The largest absolute Gasteiger partial charge is 0.450 e. The molecule has 0 saturated carbocycles. The first-order valence-electron chi connectivity index (χ1n) is 7.33. The predicted octanol–water partition coefficient (Wildman–Crippen LogP) is 3.23. The third kappa shape index (κ3) is 3.66. The van der Waals surface area contributed by atoms with Crippen LogP contribution in [0.25, 0.3) is 0 Å². The molecule has 1 atom stereocenters. The summed E-state index contributed by atoms with van der Waals surface area (Å²) >= 11 is 0.675. The van der Waals surface area contributed by atoms with Crippen molar-refractivity contribution < 1.29 is 24.0 Å². The molecule has 132 valence electrons. The Morgan fingerprint density at radius 3 is 2.40 bits per heavy atom. The summed E-state index contributed by atoms with van der Waals surface area (Å²) in [6.45, 7) is 6.14. The first kappa shape index (κ1) is 18.5. The number of esters is 1. The molecule has 2 rings (SSSR count). The lowest BCUT2D eigenvalue weighted by molar-refractivity contribution is -0.380. The quantitative estimate of drug-likeness (QED) is 0.364. The molecule has 0 bridgehead atoms. The standard InChI is InChI=1S/C16H16N2O6S/c1-7-13(9(3)19)8(2)17-14(7)15(20)10(4)24-16(21)11-5-6-12(25-11)18(22)23/h5-6,10,17H,1-4H3/t10-/m1/s1. The number of aryl methyl sites for hydroxylation is 1. The fourth-order valence-corrected chi connectivity index (χ4v) is 3.24. The van der Waals surface area contributed by atoms with Gasteiger partial charge in [0.15, 0.2) is 11.9 Å². The van der Waals surface area contributed by atoms with Gasteiger partial charge in [-0.15, -0.1) is 0 Å². The summed E-state index contributed by atoms with van der Waals surface area (Å²) in [5.74, 6) is -1.46. The van der Waals surface area contributed by atoms with Crippen LogP contribution >= 0.6 is 11.3 Å². The molecule has 0 spiro atoms. The molecule has 0 radical (unpaired) electrons. The molecule has 25 heavy (non-hydrogen) atoms. The number of nitrogens with zero attached hydrogens (tertiary/aromatic N) is 1. The van der Waals surface area contributed by atoms with E-state index in [2.05, 4.69) is 4.98 Å². The summed E-state index contributed by atoms with van der Waals surface area (Å²) in [7, 11) is 0. The number of carbonyl (C=O) groups excluding carboxylic acids is 3. The monoisotopic (exact) mass is 364 g/mol. The number of hydrogen-bond acceptors (Lipinski definition) is 7. The Bertz CT molecular complexity index is 879. The number of hydrogen-bond donors (Lipinski definition) is 1. The summed E-state index contributed by atoms with van der Waals surface area (Å²) in [5, 5.41) is 10.5. The van der Waals surface area contributed by atoms with Crippen LogP contribution < -0.4 is 0 Å². The van der Waals surface area contributed by atoms with E-state index in [0.29, 0.717) is 28.2 Å². The van der Waals surface area contributed by atoms with E-state index >= 15 is 0 Å². The van der Waals surface area contributed by atoms with Crippen molar-refractivity contribution in [2.75, 3.05) is 0 Å². The highest BCUT2D eigenvalue weighted by Gasteiger charge is 2.27. The van der Waals surface area contributed by atoms with E-state index < -0.39 is 22.8 Å². The topological polar surface area (TPSA) is 119 Å². The van der Waals surface area contributed by atoms with Gasteiger partial charge in [-0.25, -0.2) is 4.79 Å². The molecule has 8 nitrogen and oxygen atoms in total. The molecule has 2 aromatic heterocycles. The van der Waals surface area contributed by atoms with Crippen molar-refractivity contribution in [1.29, 1.82) is 0 Å². The van der Waals surface area contributed by atoms with Crippen LogP contribution in [0.15, 0.2) is 12.1 Å². The molecular weight excluding hydrogens is 348 g/mol. The molecule has 0 aliphatic carbocycles. The van der Waals surface area contributed by atoms with E-state index in [-0.39, 0.29) is 21.4 Å². The van der Waals surface area contributed by atoms with Gasteiger partial charge in [0.2, 0.25) is 5.78 Å². The molecule has 2 aromatic rings. The van der Waals surface area contributed by atoms with Crippen molar-refractivity contribution in [2.45, 2.75) is 33.8 Å². The zero-order valence-corrected chi connectivity index (χ0v) is 14.9. The normalized spacial score (nSPS) is 11.8. The molecule has 0 fully saturated rings. The first-order chi connectivity index (χ1) is 11.6. The van der Waals surface area contributed by atoms with Crippen molar-refractivity contribution in [1.82, 2.24) is 4.98 Å². The maximum Gasteiger partial charge on any atom is 0.349 e. The van der Waals surface area contributed by atoms with Crippen LogP contribution in [0.2, 0.25) is 0 Å².